The molecule has 3 rings (SSSR count). The van der Waals surface area contributed by atoms with Crippen LogP contribution in [0, 0.1) is 5.82 Å². The van der Waals surface area contributed by atoms with Gasteiger partial charge in [-0.2, -0.15) is 0 Å². The molecule has 5 nitrogen and oxygen atoms in total. The van der Waals surface area contributed by atoms with E-state index in [1.165, 1.54) is 6.07 Å². The van der Waals surface area contributed by atoms with Crippen LogP contribution in [-0.2, 0) is 22.0 Å². The average Bonchev–Trinajstić information content (AvgIpc) is 2.35. The molecule has 110 valence electrons. The number of rotatable bonds is 1. The fourth-order valence-corrected chi connectivity index (χ4v) is 4.45. The molecular formula is C13H9BrFNO4S. The zero-order valence-electron chi connectivity index (χ0n) is 10.6. The highest BCUT2D eigenvalue weighted by Gasteiger charge is 2.29. The first-order chi connectivity index (χ1) is 9.78. The first-order valence-electron chi connectivity index (χ1n) is 6.03. The lowest BCUT2D eigenvalue weighted by molar-refractivity contribution is 0.0698. The number of sulfone groups is 1. The van der Waals surface area contributed by atoms with Crippen LogP contribution >= 0.6 is 15.9 Å². The first kappa shape index (κ1) is 14.4. The first-order valence-corrected chi connectivity index (χ1v) is 8.64. The molecule has 8 heteroatoms. The van der Waals surface area contributed by atoms with Gasteiger partial charge in [0.15, 0.2) is 9.84 Å². The number of aryl methyl sites for hydroxylation is 1. The van der Waals surface area contributed by atoms with E-state index >= 15 is 0 Å². The summed E-state index contributed by atoms with van der Waals surface area (Å²) in [5.74, 6) is -2.33. The van der Waals surface area contributed by atoms with E-state index in [0.29, 0.717) is 15.7 Å². The Bertz CT molecular complexity index is 895. The minimum atomic E-state index is -3.35. The number of aromatic nitrogens is 1. The number of aromatic carboxylic acids is 1. The minimum Gasteiger partial charge on any atom is -0.478 e. The zero-order chi connectivity index (χ0) is 15.4. The van der Waals surface area contributed by atoms with E-state index in [2.05, 4.69) is 20.9 Å². The quantitative estimate of drug-likeness (QED) is 0.828. The molecule has 0 atom stereocenters. The monoisotopic (exact) mass is 373 g/mol. The van der Waals surface area contributed by atoms with Crippen LogP contribution in [0.2, 0.25) is 0 Å². The number of pyridine rings is 1. The molecule has 0 fully saturated rings. The molecule has 2 heterocycles. The van der Waals surface area contributed by atoms with Gasteiger partial charge in [0.05, 0.1) is 22.6 Å². The van der Waals surface area contributed by atoms with Crippen LogP contribution in [0.5, 0.6) is 0 Å². The number of benzene rings is 1. The Labute approximate surface area is 127 Å². The van der Waals surface area contributed by atoms with Crippen molar-refractivity contribution in [2.24, 2.45) is 0 Å². The van der Waals surface area contributed by atoms with Gasteiger partial charge >= 0.3 is 5.97 Å². The Balaban J connectivity index is 2.46. The van der Waals surface area contributed by atoms with Crippen LogP contribution in [-0.4, -0.2) is 30.2 Å². The second-order valence-corrected chi connectivity index (χ2v) is 7.88. The van der Waals surface area contributed by atoms with E-state index in [0.717, 1.165) is 6.07 Å². The van der Waals surface area contributed by atoms with Crippen molar-refractivity contribution in [3.63, 3.8) is 0 Å². The van der Waals surface area contributed by atoms with Gasteiger partial charge in [0, 0.05) is 27.5 Å². The fourth-order valence-electron chi connectivity index (χ4n) is 2.53. The third kappa shape index (κ3) is 2.42. The van der Waals surface area contributed by atoms with Crippen LogP contribution in [0.3, 0.4) is 0 Å². The van der Waals surface area contributed by atoms with E-state index in [1.54, 1.807) is 0 Å². The predicted octanol–water partition coefficient (Wildman–Crippen LogP) is 2.31. The van der Waals surface area contributed by atoms with Crippen molar-refractivity contribution < 1.29 is 22.7 Å². The molecule has 1 aliphatic heterocycles. The molecule has 1 N–H and O–H groups in total. The lowest BCUT2D eigenvalue weighted by Crippen LogP contribution is -2.23. The van der Waals surface area contributed by atoms with Gasteiger partial charge in [0.1, 0.15) is 5.82 Å². The highest BCUT2D eigenvalue weighted by molar-refractivity contribution is 9.10. The second-order valence-electron chi connectivity index (χ2n) is 4.84. The molecule has 1 aliphatic rings. The third-order valence-corrected chi connectivity index (χ3v) is 5.58. The SMILES string of the molecule is O=C(O)c1c2c(nc3c(Br)cc(F)cc13)CCS(=O)(=O)C2. The number of hydrogen-bond donors (Lipinski definition) is 1. The fraction of sp³-hybridized carbons (Fsp3) is 0.231. The van der Waals surface area contributed by atoms with Gasteiger partial charge < -0.3 is 5.11 Å². The minimum absolute atomic E-state index is 0.0591. The summed E-state index contributed by atoms with van der Waals surface area (Å²) in [7, 11) is -3.35. The number of nitrogens with zero attached hydrogens (tertiary/aromatic N) is 1. The van der Waals surface area contributed by atoms with Gasteiger partial charge in [-0.1, -0.05) is 0 Å². The Kier molecular flexibility index (Phi) is 3.25. The second kappa shape index (κ2) is 4.74. The van der Waals surface area contributed by atoms with Crippen molar-refractivity contribution in [3.8, 4) is 0 Å². The van der Waals surface area contributed by atoms with Crippen LogP contribution < -0.4 is 0 Å². The Morgan fingerprint density at radius 3 is 2.76 bits per heavy atom. The molecule has 1 aromatic carbocycles. The topological polar surface area (TPSA) is 84.3 Å². The van der Waals surface area contributed by atoms with E-state index in [1.807, 2.05) is 0 Å². The molecule has 0 spiro atoms. The van der Waals surface area contributed by atoms with Crippen LogP contribution in [0.25, 0.3) is 10.9 Å². The molecular weight excluding hydrogens is 365 g/mol. The van der Waals surface area contributed by atoms with Gasteiger partial charge in [-0.05, 0) is 28.1 Å². The Morgan fingerprint density at radius 1 is 1.38 bits per heavy atom. The maximum Gasteiger partial charge on any atom is 0.336 e. The average molecular weight is 374 g/mol. The number of carboxylic acids is 1. The summed E-state index contributed by atoms with van der Waals surface area (Å²) in [4.78, 5) is 15.9. The van der Waals surface area contributed by atoms with Crippen molar-refractivity contribution in [1.29, 1.82) is 0 Å². The molecule has 0 saturated heterocycles. The van der Waals surface area contributed by atoms with Gasteiger partial charge in [0.2, 0.25) is 0 Å². The molecule has 0 amide bonds. The standard InChI is InChI=1S/C13H9BrFNO4S/c14-9-4-6(15)3-7-11(13(17)18)8-5-21(19,20)2-1-10(8)16-12(7)9/h3-4H,1-2,5H2,(H,17,18). The maximum atomic E-state index is 13.6. The number of halogens is 2. The smallest absolute Gasteiger partial charge is 0.336 e. The molecule has 0 aliphatic carbocycles. The lowest BCUT2D eigenvalue weighted by Gasteiger charge is -2.19. The molecule has 0 unspecified atom stereocenters. The van der Waals surface area contributed by atoms with Crippen LogP contribution in [0.15, 0.2) is 16.6 Å². The Hall–Kier alpha value is -1.54. The van der Waals surface area contributed by atoms with E-state index in [9.17, 15) is 22.7 Å². The molecule has 2 aromatic rings. The van der Waals surface area contributed by atoms with Crippen molar-refractivity contribution in [2.45, 2.75) is 12.2 Å². The highest BCUT2D eigenvalue weighted by Crippen LogP contribution is 2.33. The number of hydrogen-bond acceptors (Lipinski definition) is 4. The summed E-state index contributed by atoms with van der Waals surface area (Å²) in [6, 6.07) is 2.27. The van der Waals surface area contributed by atoms with Gasteiger partial charge in [0.25, 0.3) is 0 Å². The highest BCUT2D eigenvalue weighted by atomic mass is 79.9. The summed E-state index contributed by atoms with van der Waals surface area (Å²) < 4.78 is 37.4. The number of carbonyl (C=O) groups is 1. The summed E-state index contributed by atoms with van der Waals surface area (Å²) in [5.41, 5.74) is 0.756. The molecule has 0 saturated carbocycles. The van der Waals surface area contributed by atoms with Crippen molar-refractivity contribution in [2.75, 3.05) is 5.75 Å². The van der Waals surface area contributed by atoms with Gasteiger partial charge in [-0.3, -0.25) is 4.98 Å². The zero-order valence-corrected chi connectivity index (χ0v) is 13.0. The van der Waals surface area contributed by atoms with E-state index in [4.69, 9.17) is 0 Å². The molecule has 21 heavy (non-hydrogen) atoms. The van der Waals surface area contributed by atoms with Crippen molar-refractivity contribution >= 4 is 42.6 Å². The summed E-state index contributed by atoms with van der Waals surface area (Å²) in [5, 5.41) is 9.53. The maximum absolute atomic E-state index is 13.6. The van der Waals surface area contributed by atoms with Crippen LogP contribution in [0.1, 0.15) is 21.6 Å². The van der Waals surface area contributed by atoms with Gasteiger partial charge in [-0.15, -0.1) is 0 Å². The van der Waals surface area contributed by atoms with E-state index in [-0.39, 0.29) is 34.4 Å². The van der Waals surface area contributed by atoms with E-state index < -0.39 is 21.6 Å². The molecule has 0 radical (unpaired) electrons. The van der Waals surface area contributed by atoms with Crippen molar-refractivity contribution in [1.82, 2.24) is 4.98 Å². The molecule has 0 bridgehead atoms. The predicted molar refractivity (Wildman–Crippen MR) is 77.6 cm³/mol. The number of fused-ring (bicyclic) bond motifs is 2. The summed E-state index contributed by atoms with van der Waals surface area (Å²) in [6.45, 7) is 0. The third-order valence-electron chi connectivity index (χ3n) is 3.42. The lowest BCUT2D eigenvalue weighted by atomic mass is 10.00. The Morgan fingerprint density at radius 2 is 2.10 bits per heavy atom. The number of carboxylic acid groups (broad SMARTS) is 1. The van der Waals surface area contributed by atoms with Gasteiger partial charge in [-0.25, -0.2) is 17.6 Å². The summed E-state index contributed by atoms with van der Waals surface area (Å²) >= 11 is 3.17. The largest absolute Gasteiger partial charge is 0.478 e. The van der Waals surface area contributed by atoms with Crippen LogP contribution in [0.4, 0.5) is 4.39 Å². The summed E-state index contributed by atoms with van der Waals surface area (Å²) in [6.07, 6.45) is 0.164. The normalized spacial score (nSPS) is 16.7. The molecule has 1 aromatic heterocycles. The van der Waals surface area contributed by atoms with Crippen molar-refractivity contribution in [3.05, 3.63) is 39.2 Å².